The lowest BCUT2D eigenvalue weighted by molar-refractivity contribution is 0.0782. The second-order valence-electron chi connectivity index (χ2n) is 3.77. The van der Waals surface area contributed by atoms with Crippen LogP contribution in [0, 0.1) is 5.92 Å². The van der Waals surface area contributed by atoms with Crippen molar-refractivity contribution >= 4 is 33.2 Å². The van der Waals surface area contributed by atoms with Gasteiger partial charge in [-0.25, -0.2) is 4.98 Å². The van der Waals surface area contributed by atoms with Crippen molar-refractivity contribution in [3.63, 3.8) is 0 Å². The molecule has 1 fully saturated rings. The second-order valence-corrected chi connectivity index (χ2v) is 5.66. The van der Waals surface area contributed by atoms with Gasteiger partial charge in [0.05, 0.1) is 5.51 Å². The second kappa shape index (κ2) is 4.61. The average molecular weight is 289 g/mol. The van der Waals surface area contributed by atoms with Crippen LogP contribution in [0.2, 0.25) is 0 Å². The van der Waals surface area contributed by atoms with Crippen LogP contribution >= 0.6 is 27.3 Å². The molecule has 5 heteroatoms. The number of amides is 1. The van der Waals surface area contributed by atoms with Crippen molar-refractivity contribution in [1.29, 1.82) is 0 Å². The topological polar surface area (TPSA) is 33.2 Å². The number of halogens is 1. The number of aromatic nitrogens is 1. The first-order valence-corrected chi connectivity index (χ1v) is 6.89. The predicted octanol–water partition coefficient (Wildman–Crippen LogP) is 2.39. The van der Waals surface area contributed by atoms with E-state index in [2.05, 4.69) is 27.8 Å². The summed E-state index contributed by atoms with van der Waals surface area (Å²) in [5.74, 6) is 0.643. The van der Waals surface area contributed by atoms with Gasteiger partial charge in [-0.05, 0) is 5.92 Å². The zero-order valence-electron chi connectivity index (χ0n) is 8.52. The van der Waals surface area contributed by atoms with E-state index in [1.54, 1.807) is 5.51 Å². The number of hydrogen-bond donors (Lipinski definition) is 0. The smallest absolute Gasteiger partial charge is 0.273 e. The van der Waals surface area contributed by atoms with Crippen LogP contribution in [0.1, 0.15) is 23.8 Å². The number of likely N-dealkylation sites (tertiary alicyclic amines) is 1. The molecular weight excluding hydrogens is 276 g/mol. The van der Waals surface area contributed by atoms with E-state index in [4.69, 9.17) is 0 Å². The monoisotopic (exact) mass is 288 g/mol. The number of thiazole rings is 1. The van der Waals surface area contributed by atoms with Gasteiger partial charge < -0.3 is 4.90 Å². The minimum absolute atomic E-state index is 0.0663. The Kier molecular flexibility index (Phi) is 3.41. The van der Waals surface area contributed by atoms with Crippen LogP contribution in [0.15, 0.2) is 10.9 Å². The fraction of sp³-hybridized carbons (Fsp3) is 0.600. The van der Waals surface area contributed by atoms with Gasteiger partial charge in [-0.1, -0.05) is 29.3 Å². The van der Waals surface area contributed by atoms with Gasteiger partial charge >= 0.3 is 0 Å². The van der Waals surface area contributed by atoms with Gasteiger partial charge in [-0.15, -0.1) is 11.3 Å². The summed E-state index contributed by atoms with van der Waals surface area (Å²) in [6.07, 6.45) is 1.11. The van der Waals surface area contributed by atoms with Crippen molar-refractivity contribution in [3.05, 3.63) is 16.6 Å². The summed E-state index contributed by atoms with van der Waals surface area (Å²) < 4.78 is 0. The highest BCUT2D eigenvalue weighted by Crippen LogP contribution is 2.27. The molecule has 0 N–H and O–H groups in total. The molecule has 2 rings (SSSR count). The molecule has 3 nitrogen and oxygen atoms in total. The standard InChI is InChI=1S/C10H13BrN2OS/c1-2-7-3-13(4-8(7)11)10(14)9-5-15-6-12-9/h5-8H,2-4H2,1H3. The number of carbonyl (C=O) groups excluding carboxylic acids is 1. The largest absolute Gasteiger partial charge is 0.336 e. The maximum absolute atomic E-state index is 12.0. The summed E-state index contributed by atoms with van der Waals surface area (Å²) in [5, 5.41) is 1.81. The summed E-state index contributed by atoms with van der Waals surface area (Å²) >= 11 is 5.09. The molecule has 2 heterocycles. The maximum atomic E-state index is 12.0. The molecule has 1 amide bonds. The van der Waals surface area contributed by atoms with Crippen LogP contribution in [0.5, 0.6) is 0 Å². The Morgan fingerprint density at radius 2 is 2.53 bits per heavy atom. The number of carbonyl (C=O) groups is 1. The van der Waals surface area contributed by atoms with Gasteiger partial charge in [0.2, 0.25) is 0 Å². The maximum Gasteiger partial charge on any atom is 0.273 e. The van der Waals surface area contributed by atoms with E-state index in [0.29, 0.717) is 16.4 Å². The lowest BCUT2D eigenvalue weighted by atomic mass is 10.1. The molecule has 0 aromatic carbocycles. The number of hydrogen-bond acceptors (Lipinski definition) is 3. The first-order chi connectivity index (χ1) is 7.22. The van der Waals surface area contributed by atoms with Crippen LogP contribution in [0.4, 0.5) is 0 Å². The number of nitrogens with zero attached hydrogens (tertiary/aromatic N) is 2. The summed E-state index contributed by atoms with van der Waals surface area (Å²) in [4.78, 5) is 18.3. The van der Waals surface area contributed by atoms with Crippen molar-refractivity contribution in [2.75, 3.05) is 13.1 Å². The molecule has 1 aliphatic heterocycles. The van der Waals surface area contributed by atoms with E-state index in [0.717, 1.165) is 19.5 Å². The van der Waals surface area contributed by atoms with Crippen molar-refractivity contribution in [1.82, 2.24) is 9.88 Å². The van der Waals surface area contributed by atoms with Crippen molar-refractivity contribution < 1.29 is 4.79 Å². The Labute approximate surface area is 102 Å². The molecule has 2 atom stereocenters. The normalized spacial score (nSPS) is 25.9. The molecule has 1 aromatic heterocycles. The quantitative estimate of drug-likeness (QED) is 0.783. The molecular formula is C10H13BrN2OS. The third kappa shape index (κ3) is 2.23. The van der Waals surface area contributed by atoms with E-state index in [-0.39, 0.29) is 5.91 Å². The Morgan fingerprint density at radius 3 is 3.07 bits per heavy atom. The molecule has 1 aromatic rings. The van der Waals surface area contributed by atoms with Crippen LogP contribution in [-0.2, 0) is 0 Å². The Bertz CT molecular complexity index is 341. The third-order valence-electron chi connectivity index (χ3n) is 2.82. The van der Waals surface area contributed by atoms with Crippen LogP contribution < -0.4 is 0 Å². The van der Waals surface area contributed by atoms with Crippen LogP contribution in [0.25, 0.3) is 0 Å². The Morgan fingerprint density at radius 1 is 1.73 bits per heavy atom. The van der Waals surface area contributed by atoms with Crippen LogP contribution in [-0.4, -0.2) is 33.7 Å². The number of alkyl halides is 1. The molecule has 1 aliphatic rings. The lowest BCUT2D eigenvalue weighted by Crippen LogP contribution is -2.29. The predicted molar refractivity (Wildman–Crippen MR) is 64.5 cm³/mol. The van der Waals surface area contributed by atoms with Gasteiger partial charge in [0.15, 0.2) is 0 Å². The summed E-state index contributed by atoms with van der Waals surface area (Å²) in [6.45, 7) is 3.81. The Balaban J connectivity index is 2.05. The SMILES string of the molecule is CCC1CN(C(=O)c2cscn2)CC1Br. The van der Waals surface area contributed by atoms with Crippen molar-refractivity contribution in [2.24, 2.45) is 5.92 Å². The van der Waals surface area contributed by atoms with Gasteiger partial charge in [0.25, 0.3) is 5.91 Å². The molecule has 1 saturated heterocycles. The first kappa shape index (κ1) is 11.1. The Hall–Kier alpha value is -0.420. The number of rotatable bonds is 2. The van der Waals surface area contributed by atoms with Crippen LogP contribution in [0.3, 0.4) is 0 Å². The highest BCUT2D eigenvalue weighted by molar-refractivity contribution is 9.09. The van der Waals surface area contributed by atoms with Crippen molar-refractivity contribution in [3.8, 4) is 0 Å². The molecule has 2 unspecified atom stereocenters. The summed E-state index contributed by atoms with van der Waals surface area (Å²) in [7, 11) is 0. The molecule has 0 spiro atoms. The van der Waals surface area contributed by atoms with Gasteiger partial charge in [-0.2, -0.15) is 0 Å². The van der Waals surface area contributed by atoms with E-state index >= 15 is 0 Å². The minimum Gasteiger partial charge on any atom is -0.336 e. The van der Waals surface area contributed by atoms with E-state index in [9.17, 15) is 4.79 Å². The summed E-state index contributed by atoms with van der Waals surface area (Å²) in [5.41, 5.74) is 2.28. The fourth-order valence-corrected chi connectivity index (χ4v) is 3.28. The van der Waals surface area contributed by atoms with E-state index in [1.165, 1.54) is 11.3 Å². The molecule has 15 heavy (non-hydrogen) atoms. The minimum atomic E-state index is 0.0663. The fourth-order valence-electron chi connectivity index (χ4n) is 1.86. The molecule has 0 aliphatic carbocycles. The van der Waals surface area contributed by atoms with E-state index < -0.39 is 0 Å². The average Bonchev–Trinajstić information content (AvgIpc) is 2.85. The molecule has 0 bridgehead atoms. The summed E-state index contributed by atoms with van der Waals surface area (Å²) in [6, 6.07) is 0. The van der Waals surface area contributed by atoms with Gasteiger partial charge in [-0.3, -0.25) is 4.79 Å². The highest BCUT2D eigenvalue weighted by atomic mass is 79.9. The van der Waals surface area contributed by atoms with Gasteiger partial charge in [0.1, 0.15) is 5.69 Å². The van der Waals surface area contributed by atoms with Crippen molar-refractivity contribution in [2.45, 2.75) is 18.2 Å². The molecule has 82 valence electrons. The lowest BCUT2D eigenvalue weighted by Gasteiger charge is -2.14. The molecule has 0 saturated carbocycles. The van der Waals surface area contributed by atoms with E-state index in [1.807, 2.05) is 10.3 Å². The third-order valence-corrected chi connectivity index (χ3v) is 4.45. The molecule has 0 radical (unpaired) electrons. The first-order valence-electron chi connectivity index (χ1n) is 5.04. The zero-order valence-corrected chi connectivity index (χ0v) is 10.9. The van der Waals surface area contributed by atoms with Gasteiger partial charge in [0, 0.05) is 23.3 Å². The zero-order chi connectivity index (χ0) is 10.8. The highest BCUT2D eigenvalue weighted by Gasteiger charge is 2.33.